The number of ether oxygens (including phenoxy) is 1. The van der Waals surface area contributed by atoms with Crippen molar-refractivity contribution in [1.82, 2.24) is 14.9 Å². The summed E-state index contributed by atoms with van der Waals surface area (Å²) in [5.41, 5.74) is 3.53. The molecule has 5 rings (SSSR count). The lowest BCUT2D eigenvalue weighted by Crippen LogP contribution is -2.30. The molecule has 194 valence electrons. The lowest BCUT2D eigenvalue weighted by Gasteiger charge is -2.29. The van der Waals surface area contributed by atoms with Gasteiger partial charge in [-0.25, -0.2) is 4.39 Å². The number of pyridine rings is 1. The molecule has 0 saturated carbocycles. The summed E-state index contributed by atoms with van der Waals surface area (Å²) < 4.78 is 20.7. The summed E-state index contributed by atoms with van der Waals surface area (Å²) in [6, 6.07) is 18.8. The minimum Gasteiger partial charge on any atom is -0.375 e. The van der Waals surface area contributed by atoms with Crippen LogP contribution in [0.4, 0.5) is 15.8 Å². The van der Waals surface area contributed by atoms with Crippen molar-refractivity contribution in [3.05, 3.63) is 106 Å². The molecule has 38 heavy (non-hydrogen) atoms. The van der Waals surface area contributed by atoms with Crippen molar-refractivity contribution >= 4 is 57.8 Å². The van der Waals surface area contributed by atoms with E-state index in [1.807, 2.05) is 52.1 Å². The SMILES string of the molecule is COCC(=O)Nc1ccc(N2C(=S)N[C@@H](c3ccccn3)[C@@H]2c2cccn2-c2ccc(F)c(Cl)c2)cc1Cl. The van der Waals surface area contributed by atoms with Gasteiger partial charge in [0.05, 0.1) is 27.5 Å². The number of amides is 1. The number of benzene rings is 2. The van der Waals surface area contributed by atoms with E-state index in [4.69, 9.17) is 40.2 Å². The lowest BCUT2D eigenvalue weighted by atomic mass is 10.0. The second-order valence-electron chi connectivity index (χ2n) is 8.54. The quantitative estimate of drug-likeness (QED) is 0.263. The molecule has 0 aliphatic carbocycles. The monoisotopic (exact) mass is 569 g/mol. The first-order chi connectivity index (χ1) is 18.4. The summed E-state index contributed by atoms with van der Waals surface area (Å²) in [4.78, 5) is 18.5. The van der Waals surface area contributed by atoms with Crippen LogP contribution in [0, 0.1) is 5.82 Å². The van der Waals surface area contributed by atoms with Crippen LogP contribution in [0.5, 0.6) is 0 Å². The van der Waals surface area contributed by atoms with E-state index in [-0.39, 0.29) is 29.6 Å². The first-order valence-electron chi connectivity index (χ1n) is 11.6. The first kappa shape index (κ1) is 26.1. The van der Waals surface area contributed by atoms with Gasteiger partial charge in [0.1, 0.15) is 18.5 Å². The minimum atomic E-state index is -0.492. The maximum Gasteiger partial charge on any atom is 0.250 e. The van der Waals surface area contributed by atoms with Crippen molar-refractivity contribution in [2.45, 2.75) is 12.1 Å². The Labute approximate surface area is 234 Å². The predicted molar refractivity (Wildman–Crippen MR) is 151 cm³/mol. The van der Waals surface area contributed by atoms with Crippen LogP contribution < -0.4 is 15.5 Å². The van der Waals surface area contributed by atoms with Crippen LogP contribution in [0.25, 0.3) is 5.69 Å². The normalized spacial score (nSPS) is 16.9. The van der Waals surface area contributed by atoms with Gasteiger partial charge < -0.3 is 24.8 Å². The molecule has 11 heteroatoms. The van der Waals surface area contributed by atoms with Crippen LogP contribution in [0.2, 0.25) is 10.0 Å². The second kappa shape index (κ2) is 11.1. The van der Waals surface area contributed by atoms with E-state index < -0.39 is 5.82 Å². The molecule has 3 heterocycles. The van der Waals surface area contributed by atoms with E-state index in [0.717, 1.165) is 11.4 Å². The predicted octanol–water partition coefficient (Wildman–Crippen LogP) is 6.08. The molecule has 2 atom stereocenters. The number of thiocarbonyl (C=S) groups is 1. The Morgan fingerprint density at radius 2 is 1.89 bits per heavy atom. The van der Waals surface area contributed by atoms with E-state index in [0.29, 0.717) is 27.2 Å². The fraction of sp³-hybridized carbons (Fsp3) is 0.148. The van der Waals surface area contributed by atoms with E-state index in [1.54, 1.807) is 30.5 Å². The molecule has 4 aromatic rings. The summed E-state index contributed by atoms with van der Waals surface area (Å²) in [5.74, 6) is -0.808. The number of hydrogen-bond donors (Lipinski definition) is 2. The molecular weight excluding hydrogens is 548 g/mol. The molecule has 1 aliphatic rings. The van der Waals surface area contributed by atoms with Crippen molar-refractivity contribution in [1.29, 1.82) is 0 Å². The molecule has 7 nitrogen and oxygen atoms in total. The minimum absolute atomic E-state index is 0.0261. The van der Waals surface area contributed by atoms with Gasteiger partial charge in [-0.3, -0.25) is 9.78 Å². The van der Waals surface area contributed by atoms with Crippen molar-refractivity contribution in [2.75, 3.05) is 23.9 Å². The molecule has 2 N–H and O–H groups in total. The fourth-order valence-electron chi connectivity index (χ4n) is 4.51. The number of aromatic nitrogens is 2. The van der Waals surface area contributed by atoms with Crippen LogP contribution in [-0.4, -0.2) is 34.3 Å². The van der Waals surface area contributed by atoms with Crippen LogP contribution in [-0.2, 0) is 9.53 Å². The van der Waals surface area contributed by atoms with E-state index in [9.17, 15) is 9.18 Å². The third-order valence-corrected chi connectivity index (χ3v) is 7.06. The molecule has 1 amide bonds. The van der Waals surface area contributed by atoms with Gasteiger partial charge in [0.25, 0.3) is 0 Å². The number of carbonyl (C=O) groups is 1. The Kier molecular flexibility index (Phi) is 7.62. The average Bonchev–Trinajstić information content (AvgIpc) is 3.52. The third kappa shape index (κ3) is 5.10. The maximum absolute atomic E-state index is 13.9. The molecule has 2 aromatic heterocycles. The number of anilines is 2. The van der Waals surface area contributed by atoms with Gasteiger partial charge in [-0.15, -0.1) is 0 Å². The lowest BCUT2D eigenvalue weighted by molar-refractivity contribution is -0.119. The number of halogens is 3. The van der Waals surface area contributed by atoms with Gasteiger partial charge in [0.15, 0.2) is 5.11 Å². The van der Waals surface area contributed by atoms with E-state index in [1.165, 1.54) is 13.2 Å². The summed E-state index contributed by atoms with van der Waals surface area (Å²) >= 11 is 18.5. The smallest absolute Gasteiger partial charge is 0.250 e. The highest BCUT2D eigenvalue weighted by Crippen LogP contribution is 2.43. The zero-order valence-electron chi connectivity index (χ0n) is 20.1. The van der Waals surface area contributed by atoms with Crippen LogP contribution in [0.1, 0.15) is 23.5 Å². The number of hydrogen-bond acceptors (Lipinski definition) is 4. The van der Waals surface area contributed by atoms with Crippen LogP contribution in [0.3, 0.4) is 0 Å². The molecule has 2 aromatic carbocycles. The first-order valence-corrected chi connectivity index (χ1v) is 12.8. The molecule has 0 spiro atoms. The second-order valence-corrected chi connectivity index (χ2v) is 9.74. The third-order valence-electron chi connectivity index (χ3n) is 6.14. The van der Waals surface area contributed by atoms with Crippen molar-refractivity contribution in [3.8, 4) is 5.69 Å². The van der Waals surface area contributed by atoms with Gasteiger partial charge in [-0.2, -0.15) is 0 Å². The highest BCUT2D eigenvalue weighted by molar-refractivity contribution is 7.80. The number of methoxy groups -OCH3 is 1. The van der Waals surface area contributed by atoms with Gasteiger partial charge in [0, 0.05) is 36.6 Å². The standard InChI is InChI=1S/C27H22Cl2FN5O2S/c1-37-15-24(36)32-21-10-8-17(14-19(21)29)35-26(25(33-27(35)38)22-5-2-3-11-31-22)23-6-4-12-34(23)16-7-9-20(30)18(28)13-16/h2-14,25-26H,15H2,1H3,(H,32,36)(H,33,38)/t25-,26-/m0/s1. The fourth-order valence-corrected chi connectivity index (χ4v) is 5.25. The van der Waals surface area contributed by atoms with Gasteiger partial charge in [-0.1, -0.05) is 29.3 Å². The maximum atomic E-state index is 13.9. The molecule has 1 fully saturated rings. The largest absolute Gasteiger partial charge is 0.375 e. The molecule has 1 aliphatic heterocycles. The zero-order valence-corrected chi connectivity index (χ0v) is 22.4. The Morgan fingerprint density at radius 3 is 2.61 bits per heavy atom. The number of carbonyl (C=O) groups excluding carboxylic acids is 1. The number of rotatable bonds is 7. The van der Waals surface area contributed by atoms with Gasteiger partial charge in [0.2, 0.25) is 5.91 Å². The summed E-state index contributed by atoms with van der Waals surface area (Å²) in [5, 5.41) is 6.98. The Bertz CT molecular complexity index is 1500. The van der Waals surface area contributed by atoms with Crippen molar-refractivity contribution in [2.24, 2.45) is 0 Å². The van der Waals surface area contributed by atoms with Crippen molar-refractivity contribution in [3.63, 3.8) is 0 Å². The molecule has 0 bridgehead atoms. The zero-order chi connectivity index (χ0) is 26.8. The number of nitrogens with zero attached hydrogens (tertiary/aromatic N) is 3. The van der Waals surface area contributed by atoms with E-state index >= 15 is 0 Å². The van der Waals surface area contributed by atoms with Crippen LogP contribution >= 0.6 is 35.4 Å². The van der Waals surface area contributed by atoms with Gasteiger partial charge in [-0.05, 0) is 72.9 Å². The summed E-state index contributed by atoms with van der Waals surface area (Å²) in [6.07, 6.45) is 3.61. The highest BCUT2D eigenvalue weighted by Gasteiger charge is 2.42. The Hall–Kier alpha value is -3.50. The molecule has 0 unspecified atom stereocenters. The molecule has 0 radical (unpaired) electrons. The molecule has 1 saturated heterocycles. The van der Waals surface area contributed by atoms with Gasteiger partial charge >= 0.3 is 0 Å². The summed E-state index contributed by atoms with van der Waals surface area (Å²) in [7, 11) is 1.44. The highest BCUT2D eigenvalue weighted by atomic mass is 35.5. The molecular formula is C27H22Cl2FN5O2S. The average molecular weight is 570 g/mol. The Balaban J connectivity index is 1.59. The van der Waals surface area contributed by atoms with Crippen LogP contribution in [0.15, 0.2) is 79.1 Å². The van der Waals surface area contributed by atoms with Crippen molar-refractivity contribution < 1.29 is 13.9 Å². The van der Waals surface area contributed by atoms with E-state index in [2.05, 4.69) is 15.6 Å². The number of nitrogens with one attached hydrogen (secondary N) is 2. The summed E-state index contributed by atoms with van der Waals surface area (Å²) in [6.45, 7) is -0.0869. The Morgan fingerprint density at radius 1 is 1.11 bits per heavy atom. The topological polar surface area (TPSA) is 71.4 Å².